The number of methoxy groups -OCH3 is 1. The lowest BCUT2D eigenvalue weighted by Crippen LogP contribution is -2.56. The van der Waals surface area contributed by atoms with Gasteiger partial charge in [0.05, 0.1) is 7.11 Å². The molecule has 0 aliphatic carbocycles. The van der Waals surface area contributed by atoms with Crippen molar-refractivity contribution in [2.75, 3.05) is 7.11 Å². The number of benzene rings is 1. The zero-order chi connectivity index (χ0) is 13.8. The number of carbonyl (C=O) groups excluding carboxylic acids is 1. The summed E-state index contributed by atoms with van der Waals surface area (Å²) in [6.07, 6.45) is 0. The molecule has 0 aliphatic heterocycles. The van der Waals surface area contributed by atoms with Gasteiger partial charge in [0, 0.05) is 6.04 Å². The maximum absolute atomic E-state index is 12.3. The summed E-state index contributed by atoms with van der Waals surface area (Å²) in [7, 11) is 1.43. The average molecular weight is 249 g/mol. The molecule has 0 saturated carbocycles. The van der Waals surface area contributed by atoms with Crippen LogP contribution in [0.15, 0.2) is 30.3 Å². The number of ether oxygens (including phenoxy) is 1. The van der Waals surface area contributed by atoms with Gasteiger partial charge in [-0.2, -0.15) is 0 Å². The minimum Gasteiger partial charge on any atom is -0.467 e. The third kappa shape index (κ3) is 2.72. The average Bonchev–Trinajstić information content (AvgIpc) is 2.35. The minimum absolute atomic E-state index is 0.0924. The van der Waals surface area contributed by atoms with E-state index in [1.807, 2.05) is 58.0 Å². The van der Waals surface area contributed by atoms with Crippen LogP contribution in [0.5, 0.6) is 0 Å². The number of carbonyl (C=O) groups is 1. The molecule has 1 aromatic rings. The Morgan fingerprint density at radius 2 is 1.72 bits per heavy atom. The van der Waals surface area contributed by atoms with E-state index in [1.54, 1.807) is 0 Å². The first-order valence-electron chi connectivity index (χ1n) is 6.36. The predicted molar refractivity (Wildman–Crippen MR) is 73.2 cm³/mol. The molecule has 0 radical (unpaired) electrons. The first kappa shape index (κ1) is 14.7. The Kier molecular flexibility index (Phi) is 4.91. The number of rotatable bonds is 5. The van der Waals surface area contributed by atoms with Crippen LogP contribution in [-0.4, -0.2) is 19.1 Å². The molecule has 3 heteroatoms. The van der Waals surface area contributed by atoms with Gasteiger partial charge in [0.1, 0.15) is 5.54 Å². The highest BCUT2D eigenvalue weighted by molar-refractivity contribution is 5.83. The highest BCUT2D eigenvalue weighted by Crippen LogP contribution is 2.31. The van der Waals surface area contributed by atoms with Gasteiger partial charge in [0.25, 0.3) is 0 Å². The summed E-state index contributed by atoms with van der Waals surface area (Å²) in [5.41, 5.74) is 0.157. The molecule has 0 aliphatic rings. The van der Waals surface area contributed by atoms with Crippen LogP contribution in [0.2, 0.25) is 0 Å². The topological polar surface area (TPSA) is 38.3 Å². The van der Waals surface area contributed by atoms with E-state index >= 15 is 0 Å². The Morgan fingerprint density at radius 3 is 2.11 bits per heavy atom. The Bertz CT molecular complexity index is 387. The zero-order valence-corrected chi connectivity index (χ0v) is 11.9. The smallest absolute Gasteiger partial charge is 0.331 e. The molecule has 1 aromatic carbocycles. The maximum Gasteiger partial charge on any atom is 0.331 e. The van der Waals surface area contributed by atoms with Gasteiger partial charge < -0.3 is 4.74 Å². The first-order chi connectivity index (χ1) is 8.45. The second kappa shape index (κ2) is 6.01. The van der Waals surface area contributed by atoms with Gasteiger partial charge in [-0.05, 0) is 25.3 Å². The van der Waals surface area contributed by atoms with E-state index in [4.69, 9.17) is 4.74 Å². The molecular weight excluding hydrogens is 226 g/mol. The van der Waals surface area contributed by atoms with Crippen molar-refractivity contribution < 1.29 is 9.53 Å². The van der Waals surface area contributed by atoms with E-state index in [0.717, 1.165) is 5.56 Å². The summed E-state index contributed by atoms with van der Waals surface area (Å²) in [5.74, 6) is -0.146. The highest BCUT2D eigenvalue weighted by Gasteiger charge is 2.44. The van der Waals surface area contributed by atoms with E-state index < -0.39 is 5.54 Å². The van der Waals surface area contributed by atoms with Crippen LogP contribution in [-0.2, 0) is 15.1 Å². The van der Waals surface area contributed by atoms with Gasteiger partial charge in [-0.3, -0.25) is 5.32 Å². The molecule has 100 valence electrons. The fourth-order valence-electron chi connectivity index (χ4n) is 2.31. The highest BCUT2D eigenvalue weighted by atomic mass is 16.5. The van der Waals surface area contributed by atoms with Crippen molar-refractivity contribution in [2.24, 2.45) is 5.92 Å². The normalized spacial score (nSPS) is 14.6. The summed E-state index contributed by atoms with van der Waals surface area (Å²) >= 11 is 0. The van der Waals surface area contributed by atoms with E-state index in [9.17, 15) is 4.79 Å². The Morgan fingerprint density at radius 1 is 1.17 bits per heavy atom. The molecule has 0 amide bonds. The molecule has 0 fully saturated rings. The third-order valence-corrected chi connectivity index (χ3v) is 3.12. The standard InChI is InChI=1S/C15H23NO2/c1-11(2)15(14(17)18-5,16-12(3)4)13-9-7-6-8-10-13/h6-12,16H,1-5H3. The zero-order valence-electron chi connectivity index (χ0n) is 11.9. The van der Waals surface area contributed by atoms with Gasteiger partial charge in [0.2, 0.25) is 0 Å². The Balaban J connectivity index is 3.34. The lowest BCUT2D eigenvalue weighted by atomic mass is 9.79. The van der Waals surface area contributed by atoms with Crippen molar-refractivity contribution >= 4 is 5.97 Å². The Labute approximate surface area is 110 Å². The minimum atomic E-state index is -0.788. The van der Waals surface area contributed by atoms with E-state index in [1.165, 1.54) is 7.11 Å². The van der Waals surface area contributed by atoms with Crippen LogP contribution in [0.3, 0.4) is 0 Å². The summed E-state index contributed by atoms with van der Waals surface area (Å²) in [6.45, 7) is 8.12. The molecule has 1 N–H and O–H groups in total. The summed E-state index contributed by atoms with van der Waals surface area (Å²) in [4.78, 5) is 12.3. The van der Waals surface area contributed by atoms with Crippen molar-refractivity contribution in [2.45, 2.75) is 39.3 Å². The van der Waals surface area contributed by atoms with Crippen molar-refractivity contribution in [3.63, 3.8) is 0 Å². The molecule has 0 bridgehead atoms. The molecule has 0 aromatic heterocycles. The van der Waals surface area contributed by atoms with Crippen LogP contribution < -0.4 is 5.32 Å². The van der Waals surface area contributed by atoms with Crippen LogP contribution in [0.4, 0.5) is 0 Å². The third-order valence-electron chi connectivity index (χ3n) is 3.12. The lowest BCUT2D eigenvalue weighted by Gasteiger charge is -2.38. The van der Waals surface area contributed by atoms with E-state index in [2.05, 4.69) is 5.32 Å². The largest absolute Gasteiger partial charge is 0.467 e. The van der Waals surface area contributed by atoms with Crippen molar-refractivity contribution in [3.8, 4) is 0 Å². The monoisotopic (exact) mass is 249 g/mol. The fourth-order valence-corrected chi connectivity index (χ4v) is 2.31. The van der Waals surface area contributed by atoms with E-state index in [0.29, 0.717) is 0 Å². The second-order valence-electron chi connectivity index (χ2n) is 5.12. The van der Waals surface area contributed by atoms with Crippen LogP contribution >= 0.6 is 0 Å². The molecule has 1 atom stereocenters. The lowest BCUT2D eigenvalue weighted by molar-refractivity contribution is -0.152. The van der Waals surface area contributed by atoms with Crippen molar-refractivity contribution in [1.82, 2.24) is 5.32 Å². The van der Waals surface area contributed by atoms with Crippen molar-refractivity contribution in [3.05, 3.63) is 35.9 Å². The molecule has 1 rings (SSSR count). The molecule has 0 saturated heterocycles. The summed E-state index contributed by atoms with van der Waals surface area (Å²) in [5, 5.41) is 3.39. The van der Waals surface area contributed by atoms with Gasteiger partial charge >= 0.3 is 5.97 Å². The molecular formula is C15H23NO2. The first-order valence-corrected chi connectivity index (χ1v) is 6.36. The van der Waals surface area contributed by atoms with Crippen LogP contribution in [0, 0.1) is 5.92 Å². The van der Waals surface area contributed by atoms with E-state index in [-0.39, 0.29) is 17.9 Å². The van der Waals surface area contributed by atoms with Gasteiger partial charge in [0.15, 0.2) is 0 Å². The Hall–Kier alpha value is -1.35. The second-order valence-corrected chi connectivity index (χ2v) is 5.12. The van der Waals surface area contributed by atoms with Crippen LogP contribution in [0.1, 0.15) is 33.3 Å². The fraction of sp³-hybridized carbons (Fsp3) is 0.533. The number of nitrogens with one attached hydrogen (secondary N) is 1. The maximum atomic E-state index is 12.3. The molecule has 3 nitrogen and oxygen atoms in total. The quantitative estimate of drug-likeness (QED) is 0.815. The summed E-state index contributed by atoms with van der Waals surface area (Å²) in [6, 6.07) is 9.95. The number of esters is 1. The SMILES string of the molecule is COC(=O)C(NC(C)C)(c1ccccc1)C(C)C. The van der Waals surface area contributed by atoms with Crippen molar-refractivity contribution in [1.29, 1.82) is 0 Å². The molecule has 18 heavy (non-hydrogen) atoms. The van der Waals surface area contributed by atoms with Crippen LogP contribution in [0.25, 0.3) is 0 Å². The number of hydrogen-bond acceptors (Lipinski definition) is 3. The van der Waals surface area contributed by atoms with Gasteiger partial charge in [-0.15, -0.1) is 0 Å². The molecule has 1 unspecified atom stereocenters. The van der Waals surface area contributed by atoms with Gasteiger partial charge in [-0.1, -0.05) is 44.2 Å². The van der Waals surface area contributed by atoms with Gasteiger partial charge in [-0.25, -0.2) is 4.79 Å². The molecule has 0 heterocycles. The summed E-state index contributed by atoms with van der Waals surface area (Å²) < 4.78 is 5.03. The molecule has 0 spiro atoms. The number of hydrogen-bond donors (Lipinski definition) is 1. The predicted octanol–water partition coefficient (Wildman–Crippen LogP) is 2.71.